The van der Waals surface area contributed by atoms with E-state index >= 15 is 0 Å². The Morgan fingerprint density at radius 2 is 1.67 bits per heavy atom. The fraction of sp³-hybridized carbons (Fsp3) is 0.0833. The first-order valence-corrected chi connectivity index (χ1v) is 11.2. The van der Waals surface area contributed by atoms with Crippen molar-refractivity contribution in [2.45, 2.75) is 11.8 Å². The molecule has 9 heteroatoms. The fourth-order valence-corrected chi connectivity index (χ4v) is 3.95. The molecule has 8 nitrogen and oxygen atoms in total. The predicted octanol–water partition coefficient (Wildman–Crippen LogP) is 2.45. The third kappa shape index (κ3) is 4.87. The number of primary sulfonamides is 1. The van der Waals surface area contributed by atoms with Gasteiger partial charge in [0.15, 0.2) is 6.61 Å². The van der Waals surface area contributed by atoms with Crippen LogP contribution < -0.4 is 16.6 Å². The van der Waals surface area contributed by atoms with E-state index in [-0.39, 0.29) is 22.8 Å². The molecule has 0 aliphatic heterocycles. The van der Waals surface area contributed by atoms with Crippen molar-refractivity contribution in [3.8, 4) is 34.6 Å². The highest BCUT2D eigenvalue weighted by molar-refractivity contribution is 7.89. The molecular weight excluding hydrogens is 442 g/mol. The van der Waals surface area contributed by atoms with Gasteiger partial charge in [-0.25, -0.2) is 18.4 Å². The summed E-state index contributed by atoms with van der Waals surface area (Å²) < 4.78 is 28.2. The van der Waals surface area contributed by atoms with E-state index in [9.17, 15) is 18.0 Å². The van der Waals surface area contributed by atoms with Gasteiger partial charge in [0.1, 0.15) is 0 Å². The van der Waals surface area contributed by atoms with Gasteiger partial charge in [-0.05, 0) is 59.5 Å². The number of amides is 1. The number of nitrogen functional groups attached to an aromatic ring is 1. The zero-order valence-corrected chi connectivity index (χ0v) is 18.5. The Morgan fingerprint density at radius 3 is 2.24 bits per heavy atom. The van der Waals surface area contributed by atoms with Crippen LogP contribution in [0.25, 0.3) is 22.3 Å². The summed E-state index contributed by atoms with van der Waals surface area (Å²) in [6.45, 7) is 1.58. The van der Waals surface area contributed by atoms with E-state index in [1.165, 1.54) is 24.3 Å². The van der Waals surface area contributed by atoms with E-state index in [4.69, 9.17) is 27.8 Å². The average Bonchev–Trinajstić information content (AvgIpc) is 2.77. The summed E-state index contributed by atoms with van der Waals surface area (Å²) in [5.41, 5.74) is 15.1. The summed E-state index contributed by atoms with van der Waals surface area (Å²) in [6, 6.07) is 14.1. The normalized spacial score (nSPS) is 10.9. The lowest BCUT2D eigenvalue weighted by Crippen LogP contribution is -2.14. The summed E-state index contributed by atoms with van der Waals surface area (Å²) in [4.78, 5) is 24.4. The van der Waals surface area contributed by atoms with E-state index in [1.54, 1.807) is 37.3 Å². The van der Waals surface area contributed by atoms with Gasteiger partial charge in [0.25, 0.3) is 5.91 Å². The number of carbonyl (C=O) groups excluding carboxylic acids is 2. The molecule has 0 atom stereocenters. The second-order valence-corrected chi connectivity index (χ2v) is 8.74. The van der Waals surface area contributed by atoms with Gasteiger partial charge in [0, 0.05) is 5.56 Å². The maximum Gasteiger partial charge on any atom is 0.339 e. The molecule has 3 aromatic carbocycles. The van der Waals surface area contributed by atoms with Crippen molar-refractivity contribution in [2.24, 2.45) is 10.9 Å². The number of nitrogens with two attached hydrogens (primary N) is 3. The van der Waals surface area contributed by atoms with Crippen molar-refractivity contribution in [3.63, 3.8) is 0 Å². The molecule has 0 aliphatic carbocycles. The fourth-order valence-electron chi connectivity index (χ4n) is 3.43. The van der Waals surface area contributed by atoms with Crippen molar-refractivity contribution >= 4 is 27.6 Å². The Hall–Kier alpha value is -4.13. The van der Waals surface area contributed by atoms with Crippen molar-refractivity contribution in [1.82, 2.24) is 0 Å². The minimum absolute atomic E-state index is 0.0647. The van der Waals surface area contributed by atoms with Gasteiger partial charge in [-0.15, -0.1) is 6.42 Å². The molecule has 0 saturated heterocycles. The van der Waals surface area contributed by atoms with Crippen molar-refractivity contribution in [2.75, 3.05) is 12.3 Å². The van der Waals surface area contributed by atoms with Gasteiger partial charge in [-0.2, -0.15) is 0 Å². The molecule has 168 valence electrons. The molecule has 0 spiro atoms. The second-order valence-electron chi connectivity index (χ2n) is 7.18. The average molecular weight is 464 g/mol. The summed E-state index contributed by atoms with van der Waals surface area (Å²) in [6.07, 6.45) is 5.15. The first-order valence-electron chi connectivity index (χ1n) is 9.61. The van der Waals surface area contributed by atoms with Crippen LogP contribution in [0.3, 0.4) is 0 Å². The van der Waals surface area contributed by atoms with Crippen molar-refractivity contribution < 1.29 is 22.7 Å². The highest BCUT2D eigenvalue weighted by Crippen LogP contribution is 2.36. The zero-order valence-electron chi connectivity index (χ0n) is 17.7. The molecule has 33 heavy (non-hydrogen) atoms. The monoisotopic (exact) mass is 463 g/mol. The Morgan fingerprint density at radius 1 is 1.00 bits per heavy atom. The molecule has 0 heterocycles. The van der Waals surface area contributed by atoms with Crippen LogP contribution in [0.15, 0.2) is 59.5 Å². The third-order valence-electron chi connectivity index (χ3n) is 5.09. The number of rotatable bonds is 6. The number of hydrogen-bond donors (Lipinski definition) is 3. The maximum absolute atomic E-state index is 12.4. The number of terminal acetylenes is 1. The number of ether oxygens (including phenoxy) is 1. The summed E-state index contributed by atoms with van der Waals surface area (Å²) in [5, 5.41) is 5.16. The molecule has 3 rings (SSSR count). The number of sulfonamides is 1. The van der Waals surface area contributed by atoms with E-state index in [1.807, 2.05) is 0 Å². The SMILES string of the molecule is C#CCOC(=O)c1cccc(-c2cc(C(N)=O)c(N)c(-c3ccc(S(N)(=O)=O)cc3)c2)c1C. The standard InChI is InChI=1S/C24H21N3O5S/c1-3-11-32-24(29)19-6-4-5-18(14(19)2)16-12-20(22(25)21(13-16)23(26)28)15-7-9-17(10-8-15)33(27,30)31/h1,4-10,12-13H,11,25H2,2H3,(H2,26,28)(H2,27,30,31). The molecule has 1 amide bonds. The quantitative estimate of drug-likeness (QED) is 0.290. The van der Waals surface area contributed by atoms with Gasteiger partial charge in [0.05, 0.1) is 21.7 Å². The predicted molar refractivity (Wildman–Crippen MR) is 125 cm³/mol. The van der Waals surface area contributed by atoms with E-state index in [2.05, 4.69) is 5.92 Å². The van der Waals surface area contributed by atoms with Crippen LogP contribution in [-0.2, 0) is 14.8 Å². The first kappa shape index (κ1) is 23.5. The van der Waals surface area contributed by atoms with Gasteiger partial charge in [0.2, 0.25) is 10.0 Å². The molecule has 0 radical (unpaired) electrons. The molecule has 0 aliphatic rings. The van der Waals surface area contributed by atoms with Crippen LogP contribution in [0.1, 0.15) is 26.3 Å². The molecule has 3 aromatic rings. The molecule has 0 unspecified atom stereocenters. The van der Waals surface area contributed by atoms with E-state index in [0.717, 1.165) is 0 Å². The lowest BCUT2D eigenvalue weighted by atomic mass is 9.90. The van der Waals surface area contributed by atoms with Crippen LogP contribution in [0, 0.1) is 19.3 Å². The van der Waals surface area contributed by atoms with Gasteiger partial charge < -0.3 is 16.2 Å². The highest BCUT2D eigenvalue weighted by Gasteiger charge is 2.19. The van der Waals surface area contributed by atoms with Crippen LogP contribution in [0.4, 0.5) is 5.69 Å². The van der Waals surface area contributed by atoms with Crippen LogP contribution in [-0.4, -0.2) is 26.9 Å². The van der Waals surface area contributed by atoms with Gasteiger partial charge in [-0.1, -0.05) is 30.2 Å². The summed E-state index contributed by atoms with van der Waals surface area (Å²) in [5.74, 6) is 0.936. The molecule has 0 aromatic heterocycles. The molecule has 0 fully saturated rings. The number of primary amides is 1. The maximum atomic E-state index is 12.4. The Kier molecular flexibility index (Phi) is 6.53. The van der Waals surface area contributed by atoms with Crippen LogP contribution in [0.5, 0.6) is 0 Å². The third-order valence-corrected chi connectivity index (χ3v) is 6.02. The Labute approximate surface area is 191 Å². The van der Waals surface area contributed by atoms with Crippen molar-refractivity contribution in [3.05, 3.63) is 71.3 Å². The van der Waals surface area contributed by atoms with E-state index < -0.39 is 21.9 Å². The van der Waals surface area contributed by atoms with Crippen LogP contribution >= 0.6 is 0 Å². The number of benzene rings is 3. The highest BCUT2D eigenvalue weighted by atomic mass is 32.2. The minimum atomic E-state index is -3.87. The minimum Gasteiger partial charge on any atom is -0.449 e. The number of anilines is 1. The van der Waals surface area contributed by atoms with Gasteiger partial charge in [-0.3, -0.25) is 4.79 Å². The van der Waals surface area contributed by atoms with E-state index in [0.29, 0.717) is 33.4 Å². The molecular formula is C24H21N3O5S. The number of hydrogen-bond acceptors (Lipinski definition) is 6. The van der Waals surface area contributed by atoms with Crippen molar-refractivity contribution in [1.29, 1.82) is 0 Å². The number of esters is 1. The Balaban J connectivity index is 2.19. The summed E-state index contributed by atoms with van der Waals surface area (Å²) in [7, 11) is -3.87. The lowest BCUT2D eigenvalue weighted by molar-refractivity contribution is 0.0556. The Bertz CT molecular complexity index is 1410. The molecule has 6 N–H and O–H groups in total. The first-order chi connectivity index (χ1) is 15.5. The smallest absolute Gasteiger partial charge is 0.339 e. The van der Waals surface area contributed by atoms with Gasteiger partial charge >= 0.3 is 5.97 Å². The topological polar surface area (TPSA) is 156 Å². The lowest BCUT2D eigenvalue weighted by Gasteiger charge is -2.16. The summed E-state index contributed by atoms with van der Waals surface area (Å²) >= 11 is 0. The largest absolute Gasteiger partial charge is 0.449 e. The molecule has 0 saturated carbocycles. The second kappa shape index (κ2) is 9.16. The number of carbonyl (C=O) groups is 2. The van der Waals surface area contributed by atoms with Crippen LogP contribution in [0.2, 0.25) is 0 Å². The molecule has 0 bridgehead atoms. The zero-order chi connectivity index (χ0) is 24.3.